The first kappa shape index (κ1) is 17.1. The molecule has 0 saturated heterocycles. The summed E-state index contributed by atoms with van der Waals surface area (Å²) in [6.07, 6.45) is -0.560. The fourth-order valence-electron chi connectivity index (χ4n) is 2.50. The van der Waals surface area contributed by atoms with Crippen LogP contribution in [0.4, 0.5) is 5.69 Å². The quantitative estimate of drug-likeness (QED) is 0.858. The van der Waals surface area contributed by atoms with Crippen LogP contribution in [0.3, 0.4) is 0 Å². The molecule has 0 fully saturated rings. The zero-order valence-corrected chi connectivity index (χ0v) is 14.5. The van der Waals surface area contributed by atoms with Crippen LogP contribution in [0.5, 0.6) is 5.75 Å². The number of rotatable bonds is 5. The maximum Gasteiger partial charge on any atom is 0.265 e. The van der Waals surface area contributed by atoms with Crippen LogP contribution in [0, 0.1) is 13.8 Å². The molecule has 2 aromatic rings. The van der Waals surface area contributed by atoms with Crippen molar-refractivity contribution in [2.45, 2.75) is 46.6 Å². The Balaban J connectivity index is 2.09. The van der Waals surface area contributed by atoms with Crippen molar-refractivity contribution in [3.8, 4) is 5.75 Å². The molecule has 1 amide bonds. The number of hydrogen-bond acceptors (Lipinski definition) is 2. The predicted octanol–water partition coefficient (Wildman–Crippen LogP) is 4.83. The summed E-state index contributed by atoms with van der Waals surface area (Å²) in [5.74, 6) is 0.974. The van der Waals surface area contributed by atoms with Gasteiger partial charge in [0.05, 0.1) is 0 Å². The van der Waals surface area contributed by atoms with E-state index in [0.717, 1.165) is 22.6 Å². The van der Waals surface area contributed by atoms with E-state index in [2.05, 4.69) is 25.2 Å². The summed E-state index contributed by atoms with van der Waals surface area (Å²) in [6, 6.07) is 13.8. The zero-order valence-electron chi connectivity index (χ0n) is 14.5. The maximum atomic E-state index is 12.4. The Hall–Kier alpha value is -2.29. The number of carbonyl (C=O) groups excluding carboxylic acids is 1. The van der Waals surface area contributed by atoms with Crippen molar-refractivity contribution in [1.82, 2.24) is 0 Å². The minimum atomic E-state index is -0.560. The van der Waals surface area contributed by atoms with E-state index in [9.17, 15) is 4.79 Å². The molecule has 1 atom stereocenters. The smallest absolute Gasteiger partial charge is 0.265 e. The Morgan fingerprint density at radius 2 is 1.74 bits per heavy atom. The van der Waals surface area contributed by atoms with Crippen LogP contribution >= 0.6 is 0 Å². The molecule has 3 nitrogen and oxygen atoms in total. The van der Waals surface area contributed by atoms with E-state index in [1.807, 2.05) is 50.2 Å². The first-order valence-electron chi connectivity index (χ1n) is 8.02. The fourth-order valence-corrected chi connectivity index (χ4v) is 2.50. The molecule has 23 heavy (non-hydrogen) atoms. The largest absolute Gasteiger partial charge is 0.481 e. The Labute approximate surface area is 138 Å². The van der Waals surface area contributed by atoms with Crippen LogP contribution in [0.2, 0.25) is 0 Å². The summed E-state index contributed by atoms with van der Waals surface area (Å²) in [6.45, 7) is 10.0. The average molecular weight is 311 g/mol. The number of ether oxygens (including phenoxy) is 1. The van der Waals surface area contributed by atoms with Gasteiger partial charge in [-0.25, -0.2) is 0 Å². The fraction of sp³-hybridized carbons (Fsp3) is 0.350. The predicted molar refractivity (Wildman–Crippen MR) is 95.2 cm³/mol. The molecule has 1 unspecified atom stereocenters. The van der Waals surface area contributed by atoms with E-state index in [1.165, 1.54) is 5.56 Å². The lowest BCUT2D eigenvalue weighted by Crippen LogP contribution is -2.30. The molecule has 122 valence electrons. The van der Waals surface area contributed by atoms with E-state index in [4.69, 9.17) is 4.74 Å². The topological polar surface area (TPSA) is 38.3 Å². The molecule has 0 radical (unpaired) electrons. The molecule has 0 spiro atoms. The van der Waals surface area contributed by atoms with Gasteiger partial charge in [-0.1, -0.05) is 49.7 Å². The highest BCUT2D eigenvalue weighted by Gasteiger charge is 2.18. The monoisotopic (exact) mass is 311 g/mol. The minimum absolute atomic E-state index is 0.143. The summed E-state index contributed by atoms with van der Waals surface area (Å²) in [4.78, 5) is 12.4. The Kier molecular flexibility index (Phi) is 5.43. The van der Waals surface area contributed by atoms with Gasteiger partial charge in [0.2, 0.25) is 0 Å². The first-order valence-corrected chi connectivity index (χ1v) is 8.02. The SMILES string of the molecule is Cc1ccc(NC(=O)C(C)Oc2ccccc2C(C)C)c(C)c1. The first-order chi connectivity index (χ1) is 10.9. The second-order valence-electron chi connectivity index (χ2n) is 6.26. The van der Waals surface area contributed by atoms with Gasteiger partial charge in [-0.05, 0) is 49.9 Å². The van der Waals surface area contributed by atoms with Crippen LogP contribution in [-0.2, 0) is 4.79 Å². The molecule has 3 heteroatoms. The highest BCUT2D eigenvalue weighted by atomic mass is 16.5. The zero-order chi connectivity index (χ0) is 17.0. The summed E-state index contributed by atoms with van der Waals surface area (Å²) < 4.78 is 5.89. The standard InChI is InChI=1S/C20H25NO2/c1-13(2)17-8-6-7-9-19(17)23-16(5)20(22)21-18-11-10-14(3)12-15(18)4/h6-13,16H,1-5H3,(H,21,22). The lowest BCUT2D eigenvalue weighted by Gasteiger charge is -2.19. The third-order valence-corrected chi connectivity index (χ3v) is 3.85. The highest BCUT2D eigenvalue weighted by Crippen LogP contribution is 2.27. The van der Waals surface area contributed by atoms with Gasteiger partial charge in [0, 0.05) is 5.69 Å². The molecular formula is C20H25NO2. The molecule has 0 aliphatic rings. The van der Waals surface area contributed by atoms with Crippen molar-refractivity contribution < 1.29 is 9.53 Å². The summed E-state index contributed by atoms with van der Waals surface area (Å²) in [5.41, 5.74) is 4.16. The van der Waals surface area contributed by atoms with E-state index in [1.54, 1.807) is 6.92 Å². The summed E-state index contributed by atoms with van der Waals surface area (Å²) >= 11 is 0. The molecule has 2 rings (SSSR count). The van der Waals surface area contributed by atoms with Crippen LogP contribution in [0.1, 0.15) is 43.4 Å². The Morgan fingerprint density at radius 3 is 2.39 bits per heavy atom. The second kappa shape index (κ2) is 7.32. The molecule has 2 aromatic carbocycles. The molecule has 0 heterocycles. The third kappa shape index (κ3) is 4.35. The van der Waals surface area contributed by atoms with Gasteiger partial charge in [0.25, 0.3) is 5.91 Å². The third-order valence-electron chi connectivity index (χ3n) is 3.85. The van der Waals surface area contributed by atoms with E-state index >= 15 is 0 Å². The lowest BCUT2D eigenvalue weighted by atomic mass is 10.0. The molecule has 1 N–H and O–H groups in total. The van der Waals surface area contributed by atoms with Crippen molar-refractivity contribution in [2.24, 2.45) is 0 Å². The number of benzene rings is 2. The van der Waals surface area contributed by atoms with Crippen molar-refractivity contribution in [2.75, 3.05) is 5.32 Å². The number of carbonyl (C=O) groups is 1. The van der Waals surface area contributed by atoms with E-state index < -0.39 is 6.10 Å². The van der Waals surface area contributed by atoms with Crippen molar-refractivity contribution in [1.29, 1.82) is 0 Å². The van der Waals surface area contributed by atoms with Crippen LogP contribution in [0.15, 0.2) is 42.5 Å². The van der Waals surface area contributed by atoms with Crippen molar-refractivity contribution in [3.63, 3.8) is 0 Å². The number of anilines is 1. The highest BCUT2D eigenvalue weighted by molar-refractivity contribution is 5.94. The number of hydrogen-bond donors (Lipinski definition) is 1. The molecule has 0 bridgehead atoms. The van der Waals surface area contributed by atoms with E-state index in [-0.39, 0.29) is 5.91 Å². The van der Waals surface area contributed by atoms with Crippen LogP contribution in [-0.4, -0.2) is 12.0 Å². The number of amides is 1. The molecular weight excluding hydrogens is 286 g/mol. The molecule has 0 aromatic heterocycles. The van der Waals surface area contributed by atoms with Gasteiger partial charge in [-0.2, -0.15) is 0 Å². The molecule has 0 saturated carbocycles. The van der Waals surface area contributed by atoms with Gasteiger partial charge in [0.15, 0.2) is 6.10 Å². The van der Waals surface area contributed by atoms with Crippen molar-refractivity contribution in [3.05, 3.63) is 59.2 Å². The van der Waals surface area contributed by atoms with Crippen molar-refractivity contribution >= 4 is 11.6 Å². The second-order valence-corrected chi connectivity index (χ2v) is 6.26. The van der Waals surface area contributed by atoms with Gasteiger partial charge in [-0.15, -0.1) is 0 Å². The van der Waals surface area contributed by atoms with Gasteiger partial charge in [-0.3, -0.25) is 4.79 Å². The Bertz CT molecular complexity index is 692. The molecule has 0 aliphatic heterocycles. The van der Waals surface area contributed by atoms with Gasteiger partial charge < -0.3 is 10.1 Å². The Morgan fingerprint density at radius 1 is 1.04 bits per heavy atom. The van der Waals surface area contributed by atoms with E-state index in [0.29, 0.717) is 5.92 Å². The number of aryl methyl sites for hydroxylation is 2. The summed E-state index contributed by atoms with van der Waals surface area (Å²) in [7, 11) is 0. The average Bonchev–Trinajstić information content (AvgIpc) is 2.50. The maximum absolute atomic E-state index is 12.4. The number of nitrogens with one attached hydrogen (secondary N) is 1. The van der Waals surface area contributed by atoms with Gasteiger partial charge >= 0.3 is 0 Å². The summed E-state index contributed by atoms with van der Waals surface area (Å²) in [5, 5.41) is 2.94. The normalized spacial score (nSPS) is 12.1. The van der Waals surface area contributed by atoms with Crippen LogP contribution < -0.4 is 10.1 Å². The lowest BCUT2D eigenvalue weighted by molar-refractivity contribution is -0.122. The minimum Gasteiger partial charge on any atom is -0.481 e. The van der Waals surface area contributed by atoms with Gasteiger partial charge in [0.1, 0.15) is 5.75 Å². The van der Waals surface area contributed by atoms with Crippen LogP contribution in [0.25, 0.3) is 0 Å². The number of para-hydroxylation sites is 1. The molecule has 0 aliphatic carbocycles.